The van der Waals surface area contributed by atoms with E-state index < -0.39 is 0 Å². The second kappa shape index (κ2) is 7.00. The number of amides is 1. The van der Waals surface area contributed by atoms with E-state index in [-0.39, 0.29) is 11.6 Å². The van der Waals surface area contributed by atoms with E-state index in [2.05, 4.69) is 17.2 Å². The maximum absolute atomic E-state index is 12.5. The highest BCUT2D eigenvalue weighted by molar-refractivity contribution is 6.06. The summed E-state index contributed by atoms with van der Waals surface area (Å²) in [6.45, 7) is 2.07. The van der Waals surface area contributed by atoms with Gasteiger partial charge < -0.3 is 14.5 Å². The number of hydrogen-bond donors (Lipinski definition) is 1. The van der Waals surface area contributed by atoms with Crippen LogP contribution in [0.5, 0.6) is 5.75 Å². The number of nitrogens with one attached hydrogen (secondary N) is 1. The lowest BCUT2D eigenvalue weighted by atomic mass is 10.1. The first kappa shape index (κ1) is 15.8. The van der Waals surface area contributed by atoms with Gasteiger partial charge in [-0.1, -0.05) is 19.1 Å². The zero-order valence-electron chi connectivity index (χ0n) is 13.6. The Labute approximate surface area is 140 Å². The fraction of sp³-hybridized carbons (Fsp3) is 0.158. The average molecular weight is 322 g/mol. The third-order valence-electron chi connectivity index (χ3n) is 3.73. The van der Waals surface area contributed by atoms with Crippen LogP contribution in [-0.2, 0) is 6.42 Å². The SMILES string of the molecule is CCc1cccc(NC(=O)c2ncoc2-c2ccc(OC)cc2)c1. The van der Waals surface area contributed by atoms with E-state index in [4.69, 9.17) is 9.15 Å². The highest BCUT2D eigenvalue weighted by Gasteiger charge is 2.18. The summed E-state index contributed by atoms with van der Waals surface area (Å²) < 4.78 is 10.6. The number of benzene rings is 2. The molecule has 3 rings (SSSR count). The maximum Gasteiger partial charge on any atom is 0.278 e. The molecule has 1 heterocycles. The number of aromatic nitrogens is 1. The number of nitrogens with zero attached hydrogens (tertiary/aromatic N) is 1. The molecule has 0 saturated carbocycles. The molecule has 0 saturated heterocycles. The van der Waals surface area contributed by atoms with Gasteiger partial charge in [0.1, 0.15) is 5.75 Å². The molecule has 0 atom stereocenters. The summed E-state index contributed by atoms with van der Waals surface area (Å²) in [7, 11) is 1.60. The Morgan fingerprint density at radius 3 is 2.71 bits per heavy atom. The van der Waals surface area contributed by atoms with E-state index in [1.807, 2.05) is 48.5 Å². The molecule has 0 bridgehead atoms. The Kier molecular flexibility index (Phi) is 4.61. The van der Waals surface area contributed by atoms with Gasteiger partial charge in [0, 0.05) is 11.3 Å². The van der Waals surface area contributed by atoms with Crippen molar-refractivity contribution in [2.75, 3.05) is 12.4 Å². The number of methoxy groups -OCH3 is 1. The second-order valence-electron chi connectivity index (χ2n) is 5.27. The monoisotopic (exact) mass is 322 g/mol. The van der Waals surface area contributed by atoms with Gasteiger partial charge in [-0.25, -0.2) is 4.98 Å². The minimum absolute atomic E-state index is 0.252. The molecular formula is C19H18N2O3. The first-order chi connectivity index (χ1) is 11.7. The van der Waals surface area contributed by atoms with Crippen molar-refractivity contribution >= 4 is 11.6 Å². The van der Waals surface area contributed by atoms with E-state index in [1.165, 1.54) is 6.39 Å². The first-order valence-electron chi connectivity index (χ1n) is 7.69. The number of carbonyl (C=O) groups excluding carboxylic acids is 1. The smallest absolute Gasteiger partial charge is 0.278 e. The van der Waals surface area contributed by atoms with Crippen molar-refractivity contribution in [3.05, 3.63) is 66.2 Å². The van der Waals surface area contributed by atoms with Crippen molar-refractivity contribution in [1.29, 1.82) is 0 Å². The van der Waals surface area contributed by atoms with Crippen LogP contribution < -0.4 is 10.1 Å². The van der Waals surface area contributed by atoms with Crippen molar-refractivity contribution in [2.45, 2.75) is 13.3 Å². The van der Waals surface area contributed by atoms with Crippen LogP contribution in [0.25, 0.3) is 11.3 Å². The Bertz CT molecular complexity index is 838. The molecule has 0 spiro atoms. The number of ether oxygens (including phenoxy) is 1. The van der Waals surface area contributed by atoms with E-state index in [1.54, 1.807) is 7.11 Å². The molecule has 5 nitrogen and oxygen atoms in total. The van der Waals surface area contributed by atoms with Crippen LogP contribution in [0, 0.1) is 0 Å². The van der Waals surface area contributed by atoms with Gasteiger partial charge in [-0.2, -0.15) is 0 Å². The van der Waals surface area contributed by atoms with Crippen molar-refractivity contribution in [3.63, 3.8) is 0 Å². The second-order valence-corrected chi connectivity index (χ2v) is 5.27. The molecule has 0 aliphatic rings. The van der Waals surface area contributed by atoms with Crippen LogP contribution in [0.1, 0.15) is 23.0 Å². The van der Waals surface area contributed by atoms with Crippen molar-refractivity contribution in [3.8, 4) is 17.1 Å². The van der Waals surface area contributed by atoms with Crippen LogP contribution in [0.4, 0.5) is 5.69 Å². The highest BCUT2D eigenvalue weighted by atomic mass is 16.5. The predicted octanol–water partition coefficient (Wildman–Crippen LogP) is 4.16. The largest absolute Gasteiger partial charge is 0.497 e. The number of carbonyl (C=O) groups is 1. The normalized spacial score (nSPS) is 10.4. The van der Waals surface area contributed by atoms with Crippen molar-refractivity contribution < 1.29 is 13.9 Å². The highest BCUT2D eigenvalue weighted by Crippen LogP contribution is 2.26. The molecule has 1 N–H and O–H groups in total. The summed E-state index contributed by atoms with van der Waals surface area (Å²) in [4.78, 5) is 16.6. The molecule has 3 aromatic rings. The van der Waals surface area contributed by atoms with Gasteiger partial charge in [-0.15, -0.1) is 0 Å². The zero-order chi connectivity index (χ0) is 16.9. The molecule has 5 heteroatoms. The standard InChI is InChI=1S/C19H18N2O3/c1-3-13-5-4-6-15(11-13)21-19(22)17-18(24-12-20-17)14-7-9-16(23-2)10-8-14/h4-12H,3H2,1-2H3,(H,21,22). The maximum atomic E-state index is 12.5. The van der Waals surface area contributed by atoms with Gasteiger partial charge in [0.2, 0.25) is 0 Å². The zero-order valence-corrected chi connectivity index (χ0v) is 13.6. The van der Waals surface area contributed by atoms with Gasteiger partial charge in [-0.3, -0.25) is 4.79 Å². The summed E-state index contributed by atoms with van der Waals surface area (Å²) in [5, 5.41) is 2.87. The third-order valence-corrected chi connectivity index (χ3v) is 3.73. The molecule has 1 aromatic heterocycles. The van der Waals surface area contributed by atoms with E-state index >= 15 is 0 Å². The van der Waals surface area contributed by atoms with Gasteiger partial charge >= 0.3 is 0 Å². The lowest BCUT2D eigenvalue weighted by Gasteiger charge is -2.06. The molecule has 122 valence electrons. The van der Waals surface area contributed by atoms with Gasteiger partial charge in [-0.05, 0) is 48.4 Å². The molecule has 0 aliphatic heterocycles. The topological polar surface area (TPSA) is 64.4 Å². The van der Waals surface area contributed by atoms with E-state index in [0.29, 0.717) is 5.76 Å². The molecule has 0 radical (unpaired) electrons. The summed E-state index contributed by atoms with van der Waals surface area (Å²) in [5.74, 6) is 0.866. The molecule has 2 aromatic carbocycles. The number of oxazole rings is 1. The van der Waals surface area contributed by atoms with E-state index in [0.717, 1.165) is 29.0 Å². The molecule has 0 aliphatic carbocycles. The Balaban J connectivity index is 1.84. The fourth-order valence-electron chi connectivity index (χ4n) is 2.41. The van der Waals surface area contributed by atoms with Crippen LogP contribution in [-0.4, -0.2) is 18.0 Å². The molecule has 1 amide bonds. The Morgan fingerprint density at radius 2 is 2.00 bits per heavy atom. The van der Waals surface area contributed by atoms with Crippen LogP contribution in [0.2, 0.25) is 0 Å². The average Bonchev–Trinajstić information content (AvgIpc) is 3.12. The molecular weight excluding hydrogens is 304 g/mol. The lowest BCUT2D eigenvalue weighted by molar-refractivity contribution is 0.102. The van der Waals surface area contributed by atoms with Gasteiger partial charge in [0.05, 0.1) is 7.11 Å². The quantitative estimate of drug-likeness (QED) is 0.766. The first-order valence-corrected chi connectivity index (χ1v) is 7.69. The Morgan fingerprint density at radius 1 is 1.21 bits per heavy atom. The van der Waals surface area contributed by atoms with Crippen LogP contribution >= 0.6 is 0 Å². The fourth-order valence-corrected chi connectivity index (χ4v) is 2.41. The molecule has 24 heavy (non-hydrogen) atoms. The summed E-state index contributed by atoms with van der Waals surface area (Å²) in [6, 6.07) is 15.0. The van der Waals surface area contributed by atoms with Gasteiger partial charge in [0.15, 0.2) is 17.8 Å². The summed E-state index contributed by atoms with van der Waals surface area (Å²) in [6.07, 6.45) is 2.18. The third kappa shape index (κ3) is 3.30. The summed E-state index contributed by atoms with van der Waals surface area (Å²) in [5.41, 5.74) is 2.91. The van der Waals surface area contributed by atoms with Crippen LogP contribution in [0.3, 0.4) is 0 Å². The van der Waals surface area contributed by atoms with Crippen LogP contribution in [0.15, 0.2) is 59.3 Å². The minimum atomic E-state index is -0.303. The minimum Gasteiger partial charge on any atom is -0.497 e. The van der Waals surface area contributed by atoms with Crippen molar-refractivity contribution in [1.82, 2.24) is 4.98 Å². The predicted molar refractivity (Wildman–Crippen MR) is 92.3 cm³/mol. The number of hydrogen-bond acceptors (Lipinski definition) is 4. The number of aryl methyl sites for hydroxylation is 1. The summed E-state index contributed by atoms with van der Waals surface area (Å²) >= 11 is 0. The Hall–Kier alpha value is -3.08. The van der Waals surface area contributed by atoms with E-state index in [9.17, 15) is 4.79 Å². The lowest BCUT2D eigenvalue weighted by Crippen LogP contribution is -2.13. The number of rotatable bonds is 5. The van der Waals surface area contributed by atoms with Gasteiger partial charge in [0.25, 0.3) is 5.91 Å². The number of anilines is 1. The molecule has 0 fully saturated rings. The molecule has 0 unspecified atom stereocenters. The van der Waals surface area contributed by atoms with Crippen molar-refractivity contribution in [2.24, 2.45) is 0 Å².